The van der Waals surface area contributed by atoms with Crippen molar-refractivity contribution >= 4 is 24.2 Å². The van der Waals surface area contributed by atoms with E-state index in [2.05, 4.69) is 16.0 Å². The molecule has 22 heavy (non-hydrogen) atoms. The molecule has 1 saturated carbocycles. The Kier molecular flexibility index (Phi) is 9.48. The van der Waals surface area contributed by atoms with Crippen molar-refractivity contribution in [3.8, 4) is 0 Å². The van der Waals surface area contributed by atoms with Crippen LogP contribution in [0.4, 0.5) is 0 Å². The number of amides is 2. The maximum absolute atomic E-state index is 11.7. The summed E-state index contributed by atoms with van der Waals surface area (Å²) in [4.78, 5) is 23.3. The lowest BCUT2D eigenvalue weighted by molar-refractivity contribution is -0.126. The van der Waals surface area contributed by atoms with Crippen molar-refractivity contribution < 1.29 is 9.59 Å². The summed E-state index contributed by atoms with van der Waals surface area (Å²) in [6.07, 6.45) is 8.92. The van der Waals surface area contributed by atoms with E-state index in [-0.39, 0.29) is 30.8 Å². The quantitative estimate of drug-likeness (QED) is 0.633. The molecule has 128 valence electrons. The monoisotopic (exact) mass is 331 g/mol. The smallest absolute Gasteiger partial charge is 0.239 e. The topological polar surface area (TPSA) is 70.2 Å². The molecule has 1 heterocycles. The predicted octanol–water partition coefficient (Wildman–Crippen LogP) is 1.61. The minimum atomic E-state index is -0.0739. The average molecular weight is 332 g/mol. The molecule has 6 heteroatoms. The minimum absolute atomic E-state index is 0. The van der Waals surface area contributed by atoms with Crippen molar-refractivity contribution in [2.24, 2.45) is 11.8 Å². The van der Waals surface area contributed by atoms with Crippen LogP contribution in [0.1, 0.15) is 51.4 Å². The van der Waals surface area contributed by atoms with Gasteiger partial charge in [0.25, 0.3) is 0 Å². The molecule has 0 bridgehead atoms. The fourth-order valence-electron chi connectivity index (χ4n) is 3.34. The number of hydrogen-bond acceptors (Lipinski definition) is 3. The van der Waals surface area contributed by atoms with Gasteiger partial charge in [-0.1, -0.05) is 25.7 Å². The van der Waals surface area contributed by atoms with Gasteiger partial charge < -0.3 is 16.0 Å². The third-order valence-corrected chi connectivity index (χ3v) is 4.74. The first-order chi connectivity index (χ1) is 10.2. The van der Waals surface area contributed by atoms with Crippen molar-refractivity contribution in [3.63, 3.8) is 0 Å². The summed E-state index contributed by atoms with van der Waals surface area (Å²) in [5.41, 5.74) is 0. The predicted molar refractivity (Wildman–Crippen MR) is 90.1 cm³/mol. The van der Waals surface area contributed by atoms with E-state index in [1.807, 2.05) is 0 Å². The molecule has 1 unspecified atom stereocenters. The van der Waals surface area contributed by atoms with Crippen molar-refractivity contribution in [3.05, 3.63) is 0 Å². The number of carbonyl (C=O) groups excluding carboxylic acids is 2. The first kappa shape index (κ1) is 19.2. The highest BCUT2D eigenvalue weighted by atomic mass is 35.5. The van der Waals surface area contributed by atoms with Gasteiger partial charge in [-0.3, -0.25) is 9.59 Å². The van der Waals surface area contributed by atoms with Crippen LogP contribution in [-0.2, 0) is 9.59 Å². The van der Waals surface area contributed by atoms with Crippen LogP contribution in [-0.4, -0.2) is 38.0 Å². The summed E-state index contributed by atoms with van der Waals surface area (Å²) in [5, 5.41) is 8.92. The zero-order valence-electron chi connectivity index (χ0n) is 13.4. The third-order valence-electron chi connectivity index (χ3n) is 4.74. The van der Waals surface area contributed by atoms with Crippen LogP contribution < -0.4 is 16.0 Å². The van der Waals surface area contributed by atoms with Gasteiger partial charge in [0.05, 0.1) is 6.54 Å². The van der Waals surface area contributed by atoms with Gasteiger partial charge in [0.1, 0.15) is 0 Å². The molecule has 2 aliphatic rings. The van der Waals surface area contributed by atoms with Gasteiger partial charge in [0.15, 0.2) is 0 Å². The molecule has 2 rings (SSSR count). The van der Waals surface area contributed by atoms with E-state index < -0.39 is 0 Å². The Balaban J connectivity index is 0.00000242. The molecule has 0 radical (unpaired) electrons. The molecule has 3 N–H and O–H groups in total. The zero-order chi connectivity index (χ0) is 14.9. The fraction of sp³-hybridized carbons (Fsp3) is 0.875. The summed E-state index contributed by atoms with van der Waals surface area (Å²) in [6.45, 7) is 2.99. The summed E-state index contributed by atoms with van der Waals surface area (Å²) < 4.78 is 0. The van der Waals surface area contributed by atoms with Gasteiger partial charge in [-0.15, -0.1) is 12.4 Å². The molecular weight excluding hydrogens is 302 g/mol. The Morgan fingerprint density at radius 2 is 1.73 bits per heavy atom. The maximum atomic E-state index is 11.7. The molecule has 0 spiro atoms. The van der Waals surface area contributed by atoms with E-state index in [4.69, 9.17) is 0 Å². The molecular formula is C16H30ClN3O2. The number of hydrogen-bond donors (Lipinski definition) is 3. The minimum Gasteiger partial charge on any atom is -0.355 e. The normalized spacial score (nSPS) is 21.4. The second-order valence-corrected chi connectivity index (χ2v) is 6.46. The third kappa shape index (κ3) is 7.45. The first-order valence-electron chi connectivity index (χ1n) is 8.48. The van der Waals surface area contributed by atoms with E-state index in [0.29, 0.717) is 18.9 Å². The molecule has 0 aromatic rings. The van der Waals surface area contributed by atoms with Gasteiger partial charge in [0, 0.05) is 13.0 Å². The van der Waals surface area contributed by atoms with E-state index >= 15 is 0 Å². The summed E-state index contributed by atoms with van der Waals surface area (Å²) in [5.74, 6) is 1.35. The Hall–Kier alpha value is -0.810. The molecule has 5 nitrogen and oxygen atoms in total. The molecule has 1 aliphatic heterocycles. The summed E-state index contributed by atoms with van der Waals surface area (Å²) in [7, 11) is 0. The van der Waals surface area contributed by atoms with Crippen LogP contribution in [0.2, 0.25) is 0 Å². The lowest BCUT2D eigenvalue weighted by Gasteiger charge is -2.11. The van der Waals surface area contributed by atoms with Crippen LogP contribution in [0.3, 0.4) is 0 Å². The van der Waals surface area contributed by atoms with Crippen LogP contribution in [0.15, 0.2) is 0 Å². The van der Waals surface area contributed by atoms with Gasteiger partial charge in [-0.05, 0) is 44.2 Å². The number of carbonyl (C=O) groups is 2. The second-order valence-electron chi connectivity index (χ2n) is 6.46. The SMILES string of the molecule is Cl.O=C(CCC1CCCC1)NCC(=O)NCCC1CCNC1. The first-order valence-corrected chi connectivity index (χ1v) is 8.48. The average Bonchev–Trinajstić information content (AvgIpc) is 3.16. The van der Waals surface area contributed by atoms with E-state index in [1.165, 1.54) is 32.1 Å². The Morgan fingerprint density at radius 3 is 2.41 bits per heavy atom. The second kappa shape index (κ2) is 10.8. The summed E-state index contributed by atoms with van der Waals surface area (Å²) in [6, 6.07) is 0. The Labute approximate surface area is 139 Å². The summed E-state index contributed by atoms with van der Waals surface area (Å²) >= 11 is 0. The van der Waals surface area contributed by atoms with Crippen LogP contribution in [0, 0.1) is 11.8 Å². The highest BCUT2D eigenvalue weighted by Gasteiger charge is 2.17. The van der Waals surface area contributed by atoms with Crippen molar-refractivity contribution in [1.82, 2.24) is 16.0 Å². The Morgan fingerprint density at radius 1 is 0.955 bits per heavy atom. The van der Waals surface area contributed by atoms with E-state index in [1.54, 1.807) is 0 Å². The number of nitrogens with one attached hydrogen (secondary N) is 3. The number of halogens is 1. The van der Waals surface area contributed by atoms with Crippen LogP contribution in [0.25, 0.3) is 0 Å². The van der Waals surface area contributed by atoms with Crippen LogP contribution in [0.5, 0.6) is 0 Å². The lowest BCUT2D eigenvalue weighted by Crippen LogP contribution is -2.37. The molecule has 0 aromatic carbocycles. The van der Waals surface area contributed by atoms with E-state index in [9.17, 15) is 9.59 Å². The van der Waals surface area contributed by atoms with Crippen molar-refractivity contribution in [2.75, 3.05) is 26.2 Å². The highest BCUT2D eigenvalue weighted by molar-refractivity contribution is 5.85. The van der Waals surface area contributed by atoms with E-state index in [0.717, 1.165) is 31.8 Å². The molecule has 2 fully saturated rings. The zero-order valence-corrected chi connectivity index (χ0v) is 14.2. The van der Waals surface area contributed by atoms with Crippen LogP contribution >= 0.6 is 12.4 Å². The van der Waals surface area contributed by atoms with Crippen molar-refractivity contribution in [2.45, 2.75) is 51.4 Å². The fourth-order valence-corrected chi connectivity index (χ4v) is 3.34. The standard InChI is InChI=1S/C16H29N3O2.ClH/c20-15(6-5-13-3-1-2-4-13)19-12-16(21)18-10-8-14-7-9-17-11-14;/h13-14,17H,1-12H2,(H,18,21)(H,19,20);1H. The van der Waals surface area contributed by atoms with Gasteiger partial charge in [-0.25, -0.2) is 0 Å². The van der Waals surface area contributed by atoms with Crippen molar-refractivity contribution in [1.29, 1.82) is 0 Å². The molecule has 1 aliphatic carbocycles. The number of rotatable bonds is 8. The molecule has 1 atom stereocenters. The lowest BCUT2D eigenvalue weighted by atomic mass is 10.0. The van der Waals surface area contributed by atoms with Gasteiger partial charge in [-0.2, -0.15) is 0 Å². The van der Waals surface area contributed by atoms with Gasteiger partial charge >= 0.3 is 0 Å². The largest absolute Gasteiger partial charge is 0.355 e. The molecule has 1 saturated heterocycles. The molecule has 0 aromatic heterocycles. The maximum Gasteiger partial charge on any atom is 0.239 e. The highest BCUT2D eigenvalue weighted by Crippen LogP contribution is 2.28. The molecule has 2 amide bonds. The van der Waals surface area contributed by atoms with Gasteiger partial charge in [0.2, 0.25) is 11.8 Å². The Bertz CT molecular complexity index is 340.